The van der Waals surface area contributed by atoms with E-state index in [-0.39, 0.29) is 45.0 Å². The van der Waals surface area contributed by atoms with Gasteiger partial charge in [0.2, 0.25) is 9.70 Å². The number of allylic oxidation sites excluding steroid dienone is 1. The predicted molar refractivity (Wildman–Crippen MR) is 126 cm³/mol. The predicted octanol–water partition coefficient (Wildman–Crippen LogP) is 4.67. The Morgan fingerprint density at radius 3 is 2.58 bits per heavy atom. The SMILES string of the molecule is CC1(C)[C@H](C=C(Cl)Cl)[C@H]1C(=O)N[C@H](N1C[C@@H]2C[C@H](C1)c1cccc(=O)n1C2)C(Cl)(Cl)Cl. The summed E-state index contributed by atoms with van der Waals surface area (Å²) in [6.45, 7) is 5.81. The molecule has 10 heteroatoms. The maximum absolute atomic E-state index is 13.1. The lowest BCUT2D eigenvalue weighted by atomic mass is 9.83. The Labute approximate surface area is 206 Å². The summed E-state index contributed by atoms with van der Waals surface area (Å²) >= 11 is 30.7. The van der Waals surface area contributed by atoms with Gasteiger partial charge in [0, 0.05) is 37.3 Å². The summed E-state index contributed by atoms with van der Waals surface area (Å²) in [5.41, 5.74) is 0.725. The van der Waals surface area contributed by atoms with Crippen LogP contribution in [-0.2, 0) is 11.3 Å². The number of piperidine rings is 1. The number of aromatic nitrogens is 1. The molecule has 3 heterocycles. The molecule has 1 aromatic rings. The van der Waals surface area contributed by atoms with Crippen LogP contribution in [0.25, 0.3) is 0 Å². The van der Waals surface area contributed by atoms with Crippen molar-refractivity contribution in [3.05, 3.63) is 44.8 Å². The van der Waals surface area contributed by atoms with E-state index in [0.717, 1.165) is 12.1 Å². The molecule has 4 rings (SSSR count). The number of fused-ring (bicyclic) bond motifs is 4. The van der Waals surface area contributed by atoms with Crippen molar-refractivity contribution in [2.24, 2.45) is 23.2 Å². The van der Waals surface area contributed by atoms with Crippen molar-refractivity contribution >= 4 is 63.9 Å². The smallest absolute Gasteiger partial charge is 0.250 e. The van der Waals surface area contributed by atoms with Crippen molar-refractivity contribution in [1.82, 2.24) is 14.8 Å². The summed E-state index contributed by atoms with van der Waals surface area (Å²) in [6.07, 6.45) is 1.87. The number of hydrogen-bond acceptors (Lipinski definition) is 3. The lowest BCUT2D eigenvalue weighted by molar-refractivity contribution is -0.125. The molecule has 5 nitrogen and oxygen atoms in total. The zero-order valence-electron chi connectivity index (χ0n) is 17.1. The number of carbonyl (C=O) groups excluding carboxylic acids is 1. The van der Waals surface area contributed by atoms with Crippen LogP contribution < -0.4 is 10.9 Å². The Kier molecular flexibility index (Phi) is 6.44. The number of halogens is 5. The second kappa shape index (κ2) is 8.41. The molecule has 3 aliphatic rings. The van der Waals surface area contributed by atoms with Crippen molar-refractivity contribution in [3.63, 3.8) is 0 Å². The molecule has 1 saturated carbocycles. The minimum Gasteiger partial charge on any atom is -0.336 e. The van der Waals surface area contributed by atoms with E-state index >= 15 is 0 Å². The van der Waals surface area contributed by atoms with E-state index in [1.165, 1.54) is 0 Å². The summed E-state index contributed by atoms with van der Waals surface area (Å²) in [4.78, 5) is 27.4. The van der Waals surface area contributed by atoms with Crippen LogP contribution in [0, 0.1) is 23.2 Å². The van der Waals surface area contributed by atoms with Gasteiger partial charge in [-0.25, -0.2) is 0 Å². The molecule has 2 bridgehead atoms. The molecule has 1 aliphatic carbocycles. The van der Waals surface area contributed by atoms with Crippen LogP contribution in [0.4, 0.5) is 0 Å². The molecule has 1 saturated heterocycles. The first-order valence-electron chi connectivity index (χ1n) is 10.2. The molecule has 0 radical (unpaired) electrons. The van der Waals surface area contributed by atoms with Gasteiger partial charge in [-0.1, -0.05) is 77.9 Å². The van der Waals surface area contributed by atoms with Crippen molar-refractivity contribution in [1.29, 1.82) is 0 Å². The molecule has 5 atom stereocenters. The normalized spacial score (nSPS) is 30.2. The third-order valence-electron chi connectivity index (χ3n) is 6.96. The average molecular weight is 528 g/mol. The number of alkyl halides is 3. The van der Waals surface area contributed by atoms with Crippen molar-refractivity contribution < 1.29 is 4.79 Å². The van der Waals surface area contributed by atoms with E-state index in [9.17, 15) is 9.59 Å². The van der Waals surface area contributed by atoms with E-state index in [1.54, 1.807) is 18.2 Å². The van der Waals surface area contributed by atoms with Crippen molar-refractivity contribution in [2.75, 3.05) is 13.1 Å². The Balaban J connectivity index is 1.54. The van der Waals surface area contributed by atoms with Gasteiger partial charge in [0.05, 0.1) is 5.92 Å². The third-order valence-corrected chi connectivity index (χ3v) is 7.83. The maximum Gasteiger partial charge on any atom is 0.250 e. The quantitative estimate of drug-likeness (QED) is 0.579. The fraction of sp³-hybridized carbons (Fsp3) is 0.619. The second-order valence-electron chi connectivity index (χ2n) is 9.39. The van der Waals surface area contributed by atoms with Crippen LogP contribution in [0.3, 0.4) is 0 Å². The van der Waals surface area contributed by atoms with Crippen molar-refractivity contribution in [3.8, 4) is 0 Å². The van der Waals surface area contributed by atoms with E-state index in [0.29, 0.717) is 19.6 Å². The summed E-state index contributed by atoms with van der Waals surface area (Å²) in [7, 11) is 0. The number of nitrogens with one attached hydrogen (secondary N) is 1. The van der Waals surface area contributed by atoms with Gasteiger partial charge in [-0.05, 0) is 35.8 Å². The number of pyridine rings is 1. The van der Waals surface area contributed by atoms with Crippen LogP contribution in [0.2, 0.25) is 0 Å². The van der Waals surface area contributed by atoms with Crippen LogP contribution in [-0.4, -0.2) is 38.4 Å². The van der Waals surface area contributed by atoms with Crippen LogP contribution in [0.15, 0.2) is 33.6 Å². The molecule has 2 aliphatic heterocycles. The third kappa shape index (κ3) is 4.64. The van der Waals surface area contributed by atoms with Gasteiger partial charge in [0.15, 0.2) is 0 Å². The minimum atomic E-state index is -1.72. The molecule has 2 fully saturated rings. The lowest BCUT2D eigenvalue weighted by Gasteiger charge is -2.47. The maximum atomic E-state index is 13.1. The zero-order valence-corrected chi connectivity index (χ0v) is 20.9. The Bertz CT molecular complexity index is 966. The number of carbonyl (C=O) groups is 1. The van der Waals surface area contributed by atoms with Gasteiger partial charge in [-0.3, -0.25) is 14.5 Å². The van der Waals surface area contributed by atoms with E-state index in [1.807, 2.05) is 29.4 Å². The molecular weight excluding hydrogens is 504 g/mol. The van der Waals surface area contributed by atoms with Gasteiger partial charge in [-0.15, -0.1) is 0 Å². The molecule has 0 spiro atoms. The summed E-state index contributed by atoms with van der Waals surface area (Å²) in [6, 6.07) is 5.35. The van der Waals surface area contributed by atoms with Gasteiger partial charge in [0.25, 0.3) is 5.56 Å². The average Bonchev–Trinajstić information content (AvgIpc) is 3.18. The minimum absolute atomic E-state index is 0.0138. The molecule has 0 unspecified atom stereocenters. The highest BCUT2D eigenvalue weighted by Crippen LogP contribution is 2.60. The highest BCUT2D eigenvalue weighted by atomic mass is 35.6. The molecule has 0 aromatic carbocycles. The lowest BCUT2D eigenvalue weighted by Crippen LogP contribution is -2.60. The van der Waals surface area contributed by atoms with Crippen LogP contribution in [0.1, 0.15) is 31.9 Å². The van der Waals surface area contributed by atoms with Gasteiger partial charge >= 0.3 is 0 Å². The van der Waals surface area contributed by atoms with Gasteiger partial charge in [-0.2, -0.15) is 0 Å². The second-order valence-corrected chi connectivity index (χ2v) is 12.8. The van der Waals surface area contributed by atoms with Gasteiger partial charge in [0.1, 0.15) is 10.7 Å². The number of nitrogens with zero attached hydrogens (tertiary/aromatic N) is 2. The zero-order chi connectivity index (χ0) is 22.7. The molecule has 1 N–H and O–H groups in total. The van der Waals surface area contributed by atoms with Crippen molar-refractivity contribution in [2.45, 2.75) is 42.7 Å². The Morgan fingerprint density at radius 1 is 1.23 bits per heavy atom. The van der Waals surface area contributed by atoms with E-state index in [4.69, 9.17) is 58.0 Å². The molecule has 1 aromatic heterocycles. The standard InChI is InChI=1S/C21H24Cl5N3O2/c1-20(2)13(7-15(22)23)17(20)18(31)27-19(21(24,25)26)28-8-11-6-12(10-28)14-4-3-5-16(30)29(14)9-11/h3-5,7,11-13,17,19H,6,8-10H2,1-2H3,(H,27,31)/t11-,12+,13+,17-,19+/m0/s1. The summed E-state index contributed by atoms with van der Waals surface area (Å²) in [5.74, 6) is -0.201. The first kappa shape index (κ1) is 23.7. The highest BCUT2D eigenvalue weighted by Gasteiger charge is 2.61. The summed E-state index contributed by atoms with van der Waals surface area (Å²) in [5, 5.41) is 2.98. The number of likely N-dealkylation sites (tertiary alicyclic amines) is 1. The van der Waals surface area contributed by atoms with E-state index < -0.39 is 9.96 Å². The molecule has 1 amide bonds. The largest absolute Gasteiger partial charge is 0.336 e. The Morgan fingerprint density at radius 2 is 1.94 bits per heavy atom. The number of rotatable bonds is 4. The summed E-state index contributed by atoms with van der Waals surface area (Å²) < 4.78 is 0.272. The highest BCUT2D eigenvalue weighted by molar-refractivity contribution is 6.68. The topological polar surface area (TPSA) is 54.3 Å². The van der Waals surface area contributed by atoms with Crippen LogP contribution >= 0.6 is 58.0 Å². The van der Waals surface area contributed by atoms with Crippen LogP contribution in [0.5, 0.6) is 0 Å². The Hall–Kier alpha value is -0.430. The molecular formula is C21H24Cl5N3O2. The molecule has 170 valence electrons. The van der Waals surface area contributed by atoms with E-state index in [2.05, 4.69) is 5.32 Å². The first-order chi connectivity index (χ1) is 14.4. The number of hydrogen-bond donors (Lipinski definition) is 1. The van der Waals surface area contributed by atoms with Gasteiger partial charge < -0.3 is 9.88 Å². The number of amides is 1. The fourth-order valence-corrected chi connectivity index (χ4v) is 6.22. The first-order valence-corrected chi connectivity index (χ1v) is 12.1. The fourth-order valence-electron chi connectivity index (χ4n) is 5.37. The monoisotopic (exact) mass is 525 g/mol. The molecule has 31 heavy (non-hydrogen) atoms.